The van der Waals surface area contributed by atoms with Crippen molar-refractivity contribution >= 4 is 34.0 Å². The molecule has 16 nitrogen and oxygen atoms in total. The Morgan fingerprint density at radius 3 is 2.11 bits per heavy atom. The molecule has 0 amide bonds. The Morgan fingerprint density at radius 2 is 1.45 bits per heavy atom. The standard InChI is InChI=1S/C40H34O16/c1-50-29-12-20(13-30(51-2)34(29)46)38-39(23-16-26(19-6-9-24(43)25(44)11-19)53-27-14-22(42)15-28(54-38)33(23)27)56-40-37(49)36(48)35(47)31(55-40)17-52-32(45)10-5-18-3-7-21(41)8-4-18/h3-16,31,35-37,40-41,43-44,46-49H,17H2,1-2H3/t31-,35-,36+,37-,40+/m1/s1. The summed E-state index contributed by atoms with van der Waals surface area (Å²) in [6.45, 7) is -0.587. The molecule has 16 heteroatoms. The lowest BCUT2D eigenvalue weighted by molar-refractivity contribution is -0.278. The Kier molecular flexibility index (Phi) is 10.2. The number of rotatable bonds is 10. The van der Waals surface area contributed by atoms with Crippen LogP contribution in [0, 0.1) is 0 Å². The van der Waals surface area contributed by atoms with Crippen molar-refractivity contribution in [1.82, 2.24) is 0 Å². The molecule has 4 aromatic carbocycles. The smallest absolute Gasteiger partial charge is 0.330 e. The van der Waals surface area contributed by atoms with Gasteiger partial charge >= 0.3 is 5.97 Å². The van der Waals surface area contributed by atoms with Gasteiger partial charge in [-0.1, -0.05) is 12.1 Å². The van der Waals surface area contributed by atoms with Gasteiger partial charge in [0.05, 0.1) is 19.6 Å². The minimum atomic E-state index is -1.90. The third-order valence-electron chi connectivity index (χ3n) is 9.07. The SMILES string of the molecule is COc1cc(-c2oc3cc(=O)cc4oc(-c5ccc(O)c(O)c5)cc(c2O[C@@H]2O[C@H](COC(=O)C=Cc5ccc(O)cc5)[C@@H](O)[C@H](O)[C@H]2O)c43)cc(OC)c1O. The Labute approximate surface area is 315 Å². The summed E-state index contributed by atoms with van der Waals surface area (Å²) in [5.74, 6) is -2.28. The number of esters is 1. The highest BCUT2D eigenvalue weighted by Crippen LogP contribution is 2.48. The van der Waals surface area contributed by atoms with E-state index in [1.807, 2.05) is 0 Å². The highest BCUT2D eigenvalue weighted by molar-refractivity contribution is 6.10. The van der Waals surface area contributed by atoms with Gasteiger partial charge in [0.1, 0.15) is 53.7 Å². The molecule has 1 aliphatic rings. The van der Waals surface area contributed by atoms with E-state index < -0.39 is 60.2 Å². The lowest BCUT2D eigenvalue weighted by atomic mass is 9.99. The van der Waals surface area contributed by atoms with Crippen molar-refractivity contribution < 1.29 is 73.1 Å². The number of aliphatic hydroxyl groups is 3. The molecule has 2 aromatic heterocycles. The van der Waals surface area contributed by atoms with E-state index in [1.54, 1.807) is 12.1 Å². The third kappa shape index (κ3) is 7.24. The highest BCUT2D eigenvalue weighted by Gasteiger charge is 2.46. The van der Waals surface area contributed by atoms with E-state index in [4.69, 9.17) is 32.5 Å². The predicted molar refractivity (Wildman–Crippen MR) is 197 cm³/mol. The van der Waals surface area contributed by atoms with Crippen molar-refractivity contribution in [3.8, 4) is 62.9 Å². The molecule has 0 aliphatic carbocycles. The van der Waals surface area contributed by atoms with Crippen LogP contribution in [-0.4, -0.2) is 93.2 Å². The Bertz CT molecular complexity index is 2490. The number of carbonyl (C=O) groups excluding carboxylic acids is 1. The molecule has 1 fully saturated rings. The summed E-state index contributed by atoms with van der Waals surface area (Å²) < 4.78 is 40.7. The minimum Gasteiger partial charge on any atom is -0.508 e. The Morgan fingerprint density at radius 1 is 0.768 bits per heavy atom. The average Bonchev–Trinajstić information content (AvgIpc) is 3.18. The fourth-order valence-electron chi connectivity index (χ4n) is 6.18. The fraction of sp³-hybridized carbons (Fsp3) is 0.200. The Balaban J connectivity index is 1.33. The van der Waals surface area contributed by atoms with Crippen molar-refractivity contribution in [1.29, 1.82) is 0 Å². The molecule has 6 aromatic rings. The number of hydrogen-bond acceptors (Lipinski definition) is 16. The van der Waals surface area contributed by atoms with Gasteiger partial charge in [-0.05, 0) is 60.2 Å². The van der Waals surface area contributed by atoms with Crippen LogP contribution in [0.4, 0.5) is 0 Å². The molecule has 7 rings (SSSR count). The summed E-state index contributed by atoms with van der Waals surface area (Å²) >= 11 is 0. The summed E-state index contributed by atoms with van der Waals surface area (Å²) in [4.78, 5) is 25.5. The summed E-state index contributed by atoms with van der Waals surface area (Å²) in [5.41, 5.74) is 0.554. The van der Waals surface area contributed by atoms with Gasteiger partial charge in [0.2, 0.25) is 12.0 Å². The molecule has 0 saturated carbocycles. The predicted octanol–water partition coefficient (Wildman–Crippen LogP) is 4.16. The first-order valence-corrected chi connectivity index (χ1v) is 16.9. The van der Waals surface area contributed by atoms with E-state index in [9.17, 15) is 45.3 Å². The molecule has 290 valence electrons. The van der Waals surface area contributed by atoms with Crippen LogP contribution in [0.25, 0.3) is 50.7 Å². The maximum absolute atomic E-state index is 12.9. The number of hydrogen-bond donors (Lipinski definition) is 7. The maximum atomic E-state index is 12.9. The maximum Gasteiger partial charge on any atom is 0.330 e. The van der Waals surface area contributed by atoms with Crippen LogP contribution >= 0.6 is 0 Å². The monoisotopic (exact) mass is 770 g/mol. The van der Waals surface area contributed by atoms with Crippen LogP contribution in [0.3, 0.4) is 0 Å². The van der Waals surface area contributed by atoms with Gasteiger partial charge in [0.25, 0.3) is 0 Å². The van der Waals surface area contributed by atoms with Crippen molar-refractivity contribution in [2.45, 2.75) is 30.7 Å². The van der Waals surface area contributed by atoms with Gasteiger partial charge < -0.3 is 68.3 Å². The molecule has 0 radical (unpaired) electrons. The topological polar surface area (TPSA) is 248 Å². The van der Waals surface area contributed by atoms with Gasteiger partial charge in [-0.25, -0.2) is 4.79 Å². The molecule has 0 bridgehead atoms. The van der Waals surface area contributed by atoms with Crippen LogP contribution < -0.4 is 19.6 Å². The van der Waals surface area contributed by atoms with E-state index in [0.29, 0.717) is 5.56 Å². The molecule has 7 N–H and O–H groups in total. The number of aromatic hydroxyl groups is 4. The van der Waals surface area contributed by atoms with Gasteiger partial charge in [0.15, 0.2) is 39.9 Å². The quantitative estimate of drug-likeness (QED) is 0.0587. The number of methoxy groups -OCH3 is 2. The van der Waals surface area contributed by atoms with Crippen LogP contribution in [0.2, 0.25) is 0 Å². The average molecular weight is 771 g/mol. The lowest BCUT2D eigenvalue weighted by Gasteiger charge is -2.40. The molecule has 1 saturated heterocycles. The number of ether oxygens (including phenoxy) is 5. The third-order valence-corrected chi connectivity index (χ3v) is 9.07. The highest BCUT2D eigenvalue weighted by atomic mass is 16.7. The molecule has 0 spiro atoms. The second-order valence-corrected chi connectivity index (χ2v) is 12.7. The molecule has 0 unspecified atom stereocenters. The second-order valence-electron chi connectivity index (χ2n) is 12.7. The number of phenols is 4. The van der Waals surface area contributed by atoms with Gasteiger partial charge in [-0.15, -0.1) is 0 Å². The summed E-state index contributed by atoms with van der Waals surface area (Å²) in [6, 6.07) is 16.6. The van der Waals surface area contributed by atoms with E-state index in [0.717, 1.165) is 6.08 Å². The summed E-state index contributed by atoms with van der Waals surface area (Å²) in [7, 11) is 2.61. The zero-order chi connectivity index (χ0) is 39.8. The van der Waals surface area contributed by atoms with Gasteiger partial charge in [-0.2, -0.15) is 0 Å². The summed E-state index contributed by atoms with van der Waals surface area (Å²) in [6.07, 6.45) is -6.16. The molecule has 5 atom stereocenters. The molecular formula is C40H34O16. The fourth-order valence-corrected chi connectivity index (χ4v) is 6.18. The van der Waals surface area contributed by atoms with Crippen molar-refractivity contribution in [2.75, 3.05) is 20.8 Å². The first-order chi connectivity index (χ1) is 26.8. The van der Waals surface area contributed by atoms with Gasteiger partial charge in [0, 0.05) is 34.7 Å². The molecule has 3 heterocycles. The lowest BCUT2D eigenvalue weighted by Crippen LogP contribution is -2.60. The van der Waals surface area contributed by atoms with E-state index >= 15 is 0 Å². The zero-order valence-corrected chi connectivity index (χ0v) is 29.5. The van der Waals surface area contributed by atoms with Crippen molar-refractivity contribution in [2.24, 2.45) is 0 Å². The van der Waals surface area contributed by atoms with E-state index in [2.05, 4.69) is 0 Å². The van der Waals surface area contributed by atoms with Crippen LogP contribution in [0.5, 0.6) is 40.2 Å². The normalized spacial score (nSPS) is 19.7. The van der Waals surface area contributed by atoms with E-state index in [1.165, 1.54) is 81.0 Å². The molecule has 1 aliphatic heterocycles. The second kappa shape index (κ2) is 15.2. The van der Waals surface area contributed by atoms with Crippen molar-refractivity contribution in [3.05, 3.63) is 94.7 Å². The van der Waals surface area contributed by atoms with Crippen LogP contribution in [0.1, 0.15) is 5.56 Å². The van der Waals surface area contributed by atoms with Crippen LogP contribution in [-0.2, 0) is 14.3 Å². The van der Waals surface area contributed by atoms with Crippen LogP contribution in [0.15, 0.2) is 92.5 Å². The largest absolute Gasteiger partial charge is 0.508 e. The summed E-state index contributed by atoms with van der Waals surface area (Å²) in [5, 5.41) is 73.8. The zero-order valence-electron chi connectivity index (χ0n) is 29.5. The minimum absolute atomic E-state index is 0.0132. The first kappa shape index (κ1) is 37.6. The number of benzene rings is 4. The van der Waals surface area contributed by atoms with Crippen molar-refractivity contribution in [3.63, 3.8) is 0 Å². The Hall–Kier alpha value is -6.72. The van der Waals surface area contributed by atoms with Gasteiger partial charge in [-0.3, -0.25) is 4.79 Å². The first-order valence-electron chi connectivity index (χ1n) is 16.9. The molecular weight excluding hydrogens is 736 g/mol. The number of aliphatic hydroxyl groups excluding tert-OH is 3. The number of phenolic OH excluding ortho intramolecular Hbond substituents is 4. The van der Waals surface area contributed by atoms with E-state index in [-0.39, 0.29) is 73.3 Å². The number of carbonyl (C=O) groups is 1. The molecule has 56 heavy (non-hydrogen) atoms.